The standard InChI is InChI=1S/C32H41N2O3S/c1-5-8-9-13-22-37-31-24-29(34(6-2)7-3)17-16-28(31)23-32(38(36)30-14-11-10-12-15-30)27-18-20-33(21-19-27)25-26(4)35/h10-12,14-21,23-24H,5-9,13,22,25H2,1-4H3/q+1. The number of hydrogen-bond donors (Lipinski definition) is 0. The molecule has 1 unspecified atom stereocenters. The molecule has 3 rings (SSSR count). The van der Waals surface area contributed by atoms with Crippen molar-refractivity contribution in [3.63, 3.8) is 0 Å². The van der Waals surface area contributed by atoms with Gasteiger partial charge in [-0.25, -0.2) is 0 Å². The first kappa shape index (κ1) is 29.5. The monoisotopic (exact) mass is 533 g/mol. The van der Waals surface area contributed by atoms with E-state index in [0.717, 1.165) is 53.4 Å². The largest absolute Gasteiger partial charge is 0.606 e. The Labute approximate surface area is 231 Å². The van der Waals surface area contributed by atoms with Gasteiger partial charge in [-0.3, -0.25) is 4.79 Å². The van der Waals surface area contributed by atoms with Gasteiger partial charge in [0.25, 0.3) is 0 Å². The van der Waals surface area contributed by atoms with Crippen LogP contribution in [0, 0.1) is 0 Å². The van der Waals surface area contributed by atoms with Gasteiger partial charge in [-0.2, -0.15) is 4.57 Å². The van der Waals surface area contributed by atoms with E-state index in [-0.39, 0.29) is 5.78 Å². The topological polar surface area (TPSA) is 56.5 Å². The van der Waals surface area contributed by atoms with Crippen LogP contribution >= 0.6 is 0 Å². The Morgan fingerprint density at radius 2 is 1.68 bits per heavy atom. The Kier molecular flexibility index (Phi) is 11.9. The molecule has 0 aliphatic rings. The summed E-state index contributed by atoms with van der Waals surface area (Å²) in [7, 11) is 0. The lowest BCUT2D eigenvalue weighted by atomic mass is 10.1. The van der Waals surface area contributed by atoms with Crippen molar-refractivity contribution < 1.29 is 18.7 Å². The first-order valence-corrected chi connectivity index (χ1v) is 14.8. The summed E-state index contributed by atoms with van der Waals surface area (Å²) in [4.78, 5) is 15.3. The lowest BCUT2D eigenvalue weighted by Crippen LogP contribution is -2.36. The minimum Gasteiger partial charge on any atom is -0.606 e. The van der Waals surface area contributed by atoms with E-state index in [1.807, 2.05) is 65.5 Å². The molecule has 2 aromatic carbocycles. The number of ketones is 1. The average molecular weight is 534 g/mol. The molecular formula is C32H41N2O3S+. The third kappa shape index (κ3) is 8.47. The number of anilines is 1. The summed E-state index contributed by atoms with van der Waals surface area (Å²) in [6, 6.07) is 19.6. The van der Waals surface area contributed by atoms with Crippen molar-refractivity contribution >= 4 is 33.6 Å². The molecule has 0 N–H and O–H groups in total. The first-order valence-electron chi connectivity index (χ1n) is 13.7. The summed E-state index contributed by atoms with van der Waals surface area (Å²) in [6.07, 6.45) is 10.2. The molecule has 0 fully saturated rings. The summed E-state index contributed by atoms with van der Waals surface area (Å²) in [6.45, 7) is 10.9. The van der Waals surface area contributed by atoms with Crippen molar-refractivity contribution in [3.8, 4) is 5.75 Å². The maximum Gasteiger partial charge on any atom is 0.206 e. The molecule has 1 atom stereocenters. The molecule has 0 spiro atoms. The van der Waals surface area contributed by atoms with Crippen LogP contribution < -0.4 is 14.2 Å². The number of ether oxygens (including phenoxy) is 1. The van der Waals surface area contributed by atoms with E-state index in [0.29, 0.717) is 18.1 Å². The number of nitrogens with zero attached hydrogens (tertiary/aromatic N) is 2. The first-order chi connectivity index (χ1) is 18.5. The van der Waals surface area contributed by atoms with Crippen molar-refractivity contribution in [1.82, 2.24) is 0 Å². The number of carbonyl (C=O) groups is 1. The molecule has 3 aromatic rings. The second kappa shape index (κ2) is 15.4. The molecule has 5 nitrogen and oxygen atoms in total. The van der Waals surface area contributed by atoms with Gasteiger partial charge in [0.1, 0.15) is 5.75 Å². The van der Waals surface area contributed by atoms with E-state index in [1.54, 1.807) is 6.92 Å². The van der Waals surface area contributed by atoms with Gasteiger partial charge in [-0.15, -0.1) is 0 Å². The zero-order chi connectivity index (χ0) is 27.3. The van der Waals surface area contributed by atoms with E-state index < -0.39 is 11.2 Å². The van der Waals surface area contributed by atoms with Gasteiger partial charge in [0.15, 0.2) is 28.0 Å². The molecule has 0 saturated heterocycles. The van der Waals surface area contributed by atoms with E-state index in [1.165, 1.54) is 12.8 Å². The predicted octanol–water partition coefficient (Wildman–Crippen LogP) is 6.67. The molecule has 0 saturated carbocycles. The molecule has 1 heterocycles. The van der Waals surface area contributed by atoms with Gasteiger partial charge in [0, 0.05) is 72.3 Å². The van der Waals surface area contributed by atoms with Crippen molar-refractivity contribution in [2.45, 2.75) is 64.8 Å². The maximum absolute atomic E-state index is 13.9. The van der Waals surface area contributed by atoms with Crippen molar-refractivity contribution in [2.75, 3.05) is 24.6 Å². The highest BCUT2D eigenvalue weighted by Gasteiger charge is 2.22. The van der Waals surface area contributed by atoms with Crippen molar-refractivity contribution in [2.24, 2.45) is 0 Å². The highest BCUT2D eigenvalue weighted by atomic mass is 32.2. The maximum atomic E-state index is 13.9. The molecule has 202 valence electrons. The number of hydrogen-bond acceptors (Lipinski definition) is 4. The quantitative estimate of drug-likeness (QED) is 0.124. The van der Waals surface area contributed by atoms with E-state index in [2.05, 4.69) is 43.9 Å². The Bertz CT molecular complexity index is 1180. The van der Waals surface area contributed by atoms with Gasteiger partial charge < -0.3 is 14.2 Å². The number of aromatic nitrogens is 1. The molecule has 0 bridgehead atoms. The van der Waals surface area contributed by atoms with Gasteiger partial charge in [-0.05, 0) is 44.5 Å². The predicted molar refractivity (Wildman–Crippen MR) is 158 cm³/mol. The number of carbonyl (C=O) groups excluding carboxylic acids is 1. The van der Waals surface area contributed by atoms with Crippen LogP contribution in [0.2, 0.25) is 0 Å². The van der Waals surface area contributed by atoms with Gasteiger partial charge in [-0.1, -0.05) is 44.4 Å². The Morgan fingerprint density at radius 1 is 0.974 bits per heavy atom. The number of unbranched alkanes of at least 4 members (excludes halogenated alkanes) is 3. The average Bonchev–Trinajstić information content (AvgIpc) is 2.93. The highest BCUT2D eigenvalue weighted by molar-refractivity contribution is 8.00. The lowest BCUT2D eigenvalue weighted by molar-refractivity contribution is -0.684. The van der Waals surface area contributed by atoms with Crippen LogP contribution in [0.15, 0.2) is 78.0 Å². The Balaban J connectivity index is 2.05. The number of Topliss-reactive ketones (excluding diaryl/α,β-unsaturated/α-hetero) is 1. The van der Waals surface area contributed by atoms with Crippen LogP contribution in [0.3, 0.4) is 0 Å². The number of pyridine rings is 1. The fourth-order valence-electron chi connectivity index (χ4n) is 4.30. The molecule has 0 aliphatic carbocycles. The van der Waals surface area contributed by atoms with Crippen molar-refractivity contribution in [3.05, 3.63) is 84.2 Å². The SMILES string of the molecule is CCCCCCOc1cc(N(CC)CC)ccc1/C=C(/c1cc[n+](CC(C)=O)cc1)[S+]([O-])c1ccccc1. The molecule has 38 heavy (non-hydrogen) atoms. The lowest BCUT2D eigenvalue weighted by Gasteiger charge is -2.22. The smallest absolute Gasteiger partial charge is 0.206 e. The number of rotatable bonds is 15. The van der Waals surface area contributed by atoms with Crippen LogP contribution in [0.1, 0.15) is 64.5 Å². The molecule has 1 aromatic heterocycles. The summed E-state index contributed by atoms with van der Waals surface area (Å²) < 4.78 is 22.0. The fraction of sp³-hybridized carbons (Fsp3) is 0.375. The van der Waals surface area contributed by atoms with Crippen LogP contribution in [-0.2, 0) is 22.5 Å². The minimum absolute atomic E-state index is 0.0837. The zero-order valence-electron chi connectivity index (χ0n) is 23.2. The number of benzene rings is 2. The second-order valence-corrected chi connectivity index (χ2v) is 10.8. The fourth-order valence-corrected chi connectivity index (χ4v) is 5.55. The summed E-state index contributed by atoms with van der Waals surface area (Å²) in [5.41, 5.74) is 2.86. The van der Waals surface area contributed by atoms with Crippen LogP contribution in [0.4, 0.5) is 5.69 Å². The molecular weight excluding hydrogens is 492 g/mol. The van der Waals surface area contributed by atoms with Gasteiger partial charge >= 0.3 is 0 Å². The summed E-state index contributed by atoms with van der Waals surface area (Å²) in [5.74, 6) is 0.886. The third-order valence-corrected chi connectivity index (χ3v) is 7.86. The highest BCUT2D eigenvalue weighted by Crippen LogP contribution is 2.34. The molecule has 0 amide bonds. The summed E-state index contributed by atoms with van der Waals surface area (Å²) >= 11 is -1.41. The summed E-state index contributed by atoms with van der Waals surface area (Å²) in [5, 5.41) is 0. The Hall–Kier alpha value is -3.09. The minimum atomic E-state index is -1.41. The van der Waals surface area contributed by atoms with Gasteiger partial charge in [0.2, 0.25) is 6.54 Å². The van der Waals surface area contributed by atoms with E-state index in [9.17, 15) is 9.35 Å². The zero-order valence-corrected chi connectivity index (χ0v) is 24.0. The third-order valence-electron chi connectivity index (χ3n) is 6.41. The van der Waals surface area contributed by atoms with E-state index in [4.69, 9.17) is 4.74 Å². The van der Waals surface area contributed by atoms with Crippen LogP contribution in [0.25, 0.3) is 11.0 Å². The van der Waals surface area contributed by atoms with Crippen LogP contribution in [-0.4, -0.2) is 30.0 Å². The molecule has 0 aliphatic heterocycles. The van der Waals surface area contributed by atoms with Gasteiger partial charge in [0.05, 0.1) is 6.61 Å². The molecule has 0 radical (unpaired) electrons. The normalized spacial score (nSPS) is 12.3. The van der Waals surface area contributed by atoms with E-state index >= 15 is 0 Å². The second-order valence-electron chi connectivity index (χ2n) is 9.36. The van der Waals surface area contributed by atoms with Crippen molar-refractivity contribution in [1.29, 1.82) is 0 Å². The molecule has 6 heteroatoms. The van der Waals surface area contributed by atoms with Crippen LogP contribution in [0.5, 0.6) is 5.75 Å². The Morgan fingerprint density at radius 3 is 2.32 bits per heavy atom.